The average Bonchev–Trinajstić information content (AvgIpc) is 3.29. The molecular formula is C25H30ClN3O4S. The smallest absolute Gasteiger partial charge is 0.243 e. The lowest BCUT2D eigenvalue weighted by molar-refractivity contribution is -0.125. The second-order valence-electron chi connectivity index (χ2n) is 8.55. The van der Waals surface area contributed by atoms with Crippen LogP contribution in [0.4, 0.5) is 11.4 Å². The second-order valence-corrected chi connectivity index (χ2v) is 10.4. The van der Waals surface area contributed by atoms with Crippen molar-refractivity contribution in [2.24, 2.45) is 0 Å². The first kappa shape index (κ1) is 25.9. The van der Waals surface area contributed by atoms with Crippen molar-refractivity contribution in [3.8, 4) is 0 Å². The van der Waals surface area contributed by atoms with Gasteiger partial charge in [0.25, 0.3) is 0 Å². The summed E-state index contributed by atoms with van der Waals surface area (Å²) in [5, 5.41) is 6.20. The number of nitrogens with zero attached hydrogens (tertiary/aromatic N) is 1. The normalized spacial score (nSPS) is 15.4. The Labute approximate surface area is 207 Å². The molecule has 3 amide bonds. The summed E-state index contributed by atoms with van der Waals surface area (Å²) in [6.07, 6.45) is 3.99. The summed E-state index contributed by atoms with van der Waals surface area (Å²) in [4.78, 5) is 39.7. The third-order valence-electron chi connectivity index (χ3n) is 5.75. The van der Waals surface area contributed by atoms with E-state index in [1.54, 1.807) is 43.3 Å². The van der Waals surface area contributed by atoms with Crippen molar-refractivity contribution in [2.45, 2.75) is 51.6 Å². The van der Waals surface area contributed by atoms with Gasteiger partial charge in [-0.3, -0.25) is 23.5 Å². The highest BCUT2D eigenvalue weighted by atomic mass is 35.5. The SMILES string of the molecule is Cc1ccc(NC(=O)C[S@@](=O)CC(=O)N(c2ccc(Cl)cc2)[C@H](C)C(=O)NC2CCCC2)cc1. The largest absolute Gasteiger partial charge is 0.352 e. The van der Waals surface area contributed by atoms with Crippen LogP contribution >= 0.6 is 11.6 Å². The van der Waals surface area contributed by atoms with Crippen LogP contribution in [0.5, 0.6) is 0 Å². The summed E-state index contributed by atoms with van der Waals surface area (Å²) in [5.41, 5.74) is 2.13. The van der Waals surface area contributed by atoms with Crippen molar-refractivity contribution in [1.29, 1.82) is 0 Å². The van der Waals surface area contributed by atoms with Crippen molar-refractivity contribution >= 4 is 51.5 Å². The van der Waals surface area contributed by atoms with E-state index < -0.39 is 28.7 Å². The Balaban J connectivity index is 1.66. The van der Waals surface area contributed by atoms with Gasteiger partial charge in [0, 0.05) is 33.2 Å². The van der Waals surface area contributed by atoms with E-state index in [2.05, 4.69) is 10.6 Å². The highest BCUT2D eigenvalue weighted by Gasteiger charge is 2.30. The van der Waals surface area contributed by atoms with Crippen LogP contribution in [-0.2, 0) is 25.2 Å². The lowest BCUT2D eigenvalue weighted by Crippen LogP contribution is -2.51. The number of halogens is 1. The first-order chi connectivity index (χ1) is 16.2. The number of amides is 3. The van der Waals surface area contributed by atoms with Gasteiger partial charge in [-0.05, 0) is 63.1 Å². The summed E-state index contributed by atoms with van der Waals surface area (Å²) in [6.45, 7) is 3.58. The molecule has 2 aromatic rings. The Morgan fingerprint density at radius 1 is 1.03 bits per heavy atom. The van der Waals surface area contributed by atoms with Crippen molar-refractivity contribution in [2.75, 3.05) is 21.7 Å². The summed E-state index contributed by atoms with van der Waals surface area (Å²) in [5.74, 6) is -1.92. The molecule has 182 valence electrons. The molecule has 1 saturated carbocycles. The van der Waals surface area contributed by atoms with E-state index in [0.717, 1.165) is 31.2 Å². The fourth-order valence-corrected chi connectivity index (χ4v) is 4.94. The third-order valence-corrected chi connectivity index (χ3v) is 7.16. The monoisotopic (exact) mass is 503 g/mol. The number of aryl methyl sites for hydroxylation is 1. The first-order valence-electron chi connectivity index (χ1n) is 11.3. The molecule has 0 unspecified atom stereocenters. The molecule has 34 heavy (non-hydrogen) atoms. The van der Waals surface area contributed by atoms with E-state index in [1.807, 2.05) is 19.1 Å². The number of carbonyl (C=O) groups is 3. The Morgan fingerprint density at radius 2 is 1.65 bits per heavy atom. The lowest BCUT2D eigenvalue weighted by atomic mass is 10.1. The van der Waals surface area contributed by atoms with Crippen LogP contribution in [0.15, 0.2) is 48.5 Å². The van der Waals surface area contributed by atoms with Gasteiger partial charge in [-0.25, -0.2) is 0 Å². The molecular weight excluding hydrogens is 474 g/mol. The van der Waals surface area contributed by atoms with Crippen LogP contribution in [0, 0.1) is 6.92 Å². The van der Waals surface area contributed by atoms with E-state index in [-0.39, 0.29) is 23.5 Å². The molecule has 2 atom stereocenters. The minimum Gasteiger partial charge on any atom is -0.352 e. The van der Waals surface area contributed by atoms with Gasteiger partial charge in [0.05, 0.1) is 0 Å². The molecule has 0 aliphatic heterocycles. The van der Waals surface area contributed by atoms with Crippen LogP contribution in [0.3, 0.4) is 0 Å². The Bertz CT molecular complexity index is 1040. The molecule has 3 rings (SSSR count). The Morgan fingerprint density at radius 3 is 2.26 bits per heavy atom. The standard InChI is InChI=1S/C25H30ClN3O4S/c1-17-7-11-21(12-8-17)27-23(30)15-34(33)16-24(31)29(22-13-9-19(26)10-14-22)18(2)25(32)28-20-5-3-4-6-20/h7-14,18,20H,3-6,15-16H2,1-2H3,(H,27,30)(H,28,32)/t18-,34-/m1/s1. The number of benzene rings is 2. The molecule has 1 aliphatic carbocycles. The Hall–Kier alpha value is -2.71. The Kier molecular flexibility index (Phi) is 9.24. The zero-order valence-corrected chi connectivity index (χ0v) is 21.0. The van der Waals surface area contributed by atoms with Crippen LogP contribution < -0.4 is 15.5 Å². The fraction of sp³-hybridized carbons (Fsp3) is 0.400. The lowest BCUT2D eigenvalue weighted by Gasteiger charge is -2.29. The minimum absolute atomic E-state index is 0.108. The second kappa shape index (κ2) is 12.1. The van der Waals surface area contributed by atoms with E-state index in [0.29, 0.717) is 16.4 Å². The van der Waals surface area contributed by atoms with Crippen molar-refractivity contribution < 1.29 is 18.6 Å². The molecule has 0 bridgehead atoms. The summed E-state index contributed by atoms with van der Waals surface area (Å²) in [6, 6.07) is 13.1. The predicted octanol–water partition coefficient (Wildman–Crippen LogP) is 3.82. The number of anilines is 2. The van der Waals surface area contributed by atoms with Crippen LogP contribution in [0.2, 0.25) is 5.02 Å². The van der Waals surface area contributed by atoms with E-state index in [4.69, 9.17) is 11.6 Å². The molecule has 2 aromatic carbocycles. The molecule has 2 N–H and O–H groups in total. The summed E-state index contributed by atoms with van der Waals surface area (Å²) in [7, 11) is -1.75. The number of rotatable bonds is 9. The zero-order chi connectivity index (χ0) is 24.7. The molecule has 0 spiro atoms. The van der Waals surface area contributed by atoms with Gasteiger partial charge >= 0.3 is 0 Å². The van der Waals surface area contributed by atoms with Crippen molar-refractivity contribution in [3.63, 3.8) is 0 Å². The predicted molar refractivity (Wildman–Crippen MR) is 136 cm³/mol. The van der Waals surface area contributed by atoms with Crippen molar-refractivity contribution in [1.82, 2.24) is 5.32 Å². The third kappa shape index (κ3) is 7.40. The molecule has 0 aromatic heterocycles. The maximum absolute atomic E-state index is 13.2. The van der Waals surface area contributed by atoms with Crippen LogP contribution in [0.1, 0.15) is 38.2 Å². The minimum atomic E-state index is -1.75. The number of hydrogen-bond acceptors (Lipinski definition) is 4. The van der Waals surface area contributed by atoms with Gasteiger partial charge in [-0.1, -0.05) is 42.1 Å². The van der Waals surface area contributed by atoms with Gasteiger partial charge < -0.3 is 10.6 Å². The quantitative estimate of drug-likeness (QED) is 0.543. The van der Waals surface area contributed by atoms with E-state index in [9.17, 15) is 18.6 Å². The van der Waals surface area contributed by atoms with Gasteiger partial charge in [-0.2, -0.15) is 0 Å². The van der Waals surface area contributed by atoms with Crippen molar-refractivity contribution in [3.05, 3.63) is 59.1 Å². The van der Waals surface area contributed by atoms with Gasteiger partial charge in [0.15, 0.2) is 0 Å². The van der Waals surface area contributed by atoms with E-state index >= 15 is 0 Å². The molecule has 9 heteroatoms. The topological polar surface area (TPSA) is 95.6 Å². The zero-order valence-electron chi connectivity index (χ0n) is 19.4. The molecule has 1 fully saturated rings. The maximum atomic E-state index is 13.2. The molecule has 0 saturated heterocycles. The molecule has 0 heterocycles. The van der Waals surface area contributed by atoms with E-state index in [1.165, 1.54) is 4.90 Å². The molecule has 1 aliphatic rings. The van der Waals surface area contributed by atoms with Crippen LogP contribution in [-0.4, -0.2) is 45.5 Å². The van der Waals surface area contributed by atoms with Gasteiger partial charge in [-0.15, -0.1) is 0 Å². The highest BCUT2D eigenvalue weighted by Crippen LogP contribution is 2.22. The number of hydrogen-bond donors (Lipinski definition) is 2. The summed E-state index contributed by atoms with van der Waals surface area (Å²) >= 11 is 5.99. The first-order valence-corrected chi connectivity index (χ1v) is 13.2. The maximum Gasteiger partial charge on any atom is 0.243 e. The van der Waals surface area contributed by atoms with Gasteiger partial charge in [0.2, 0.25) is 17.7 Å². The number of carbonyl (C=O) groups excluding carboxylic acids is 3. The highest BCUT2D eigenvalue weighted by molar-refractivity contribution is 7.86. The number of nitrogens with one attached hydrogen (secondary N) is 2. The summed E-state index contributed by atoms with van der Waals surface area (Å²) < 4.78 is 12.7. The molecule has 0 radical (unpaired) electrons. The van der Waals surface area contributed by atoms with Gasteiger partial charge in [0.1, 0.15) is 17.5 Å². The fourth-order valence-electron chi connectivity index (χ4n) is 3.93. The van der Waals surface area contributed by atoms with Crippen LogP contribution in [0.25, 0.3) is 0 Å². The molecule has 7 nitrogen and oxygen atoms in total. The average molecular weight is 504 g/mol.